The van der Waals surface area contributed by atoms with Crippen LogP contribution < -0.4 is 10.1 Å². The average Bonchev–Trinajstić information content (AvgIpc) is 2.63. The number of carboxylic acid groups (broad SMARTS) is 1. The van der Waals surface area contributed by atoms with E-state index in [4.69, 9.17) is 4.74 Å². The fourth-order valence-corrected chi connectivity index (χ4v) is 2.45. The molecule has 26 heavy (non-hydrogen) atoms. The van der Waals surface area contributed by atoms with Gasteiger partial charge in [-0.1, -0.05) is 36.4 Å². The van der Waals surface area contributed by atoms with Gasteiger partial charge in [-0.3, -0.25) is 9.59 Å². The Hall–Kier alpha value is -2.89. The summed E-state index contributed by atoms with van der Waals surface area (Å²) in [4.78, 5) is 23.2. The molecular formula is C20H22FNO4. The van der Waals surface area contributed by atoms with Gasteiger partial charge in [0.1, 0.15) is 11.6 Å². The van der Waals surface area contributed by atoms with E-state index < -0.39 is 11.9 Å². The van der Waals surface area contributed by atoms with Crippen LogP contribution in [0.4, 0.5) is 4.39 Å². The first kappa shape index (κ1) is 19.4. The van der Waals surface area contributed by atoms with Crippen LogP contribution in [0.25, 0.3) is 0 Å². The number of nitrogens with one attached hydrogen (secondary N) is 1. The summed E-state index contributed by atoms with van der Waals surface area (Å²) in [5, 5.41) is 12.0. The topological polar surface area (TPSA) is 75.6 Å². The molecule has 0 saturated heterocycles. The molecule has 0 aliphatic rings. The number of hydrogen-bond acceptors (Lipinski definition) is 3. The lowest BCUT2D eigenvalue weighted by Gasteiger charge is -2.13. The number of hydrogen-bond donors (Lipinski definition) is 2. The van der Waals surface area contributed by atoms with E-state index in [0.29, 0.717) is 18.6 Å². The number of rotatable bonds is 10. The quantitative estimate of drug-likeness (QED) is 0.640. The Balaban J connectivity index is 1.68. The minimum Gasteiger partial charge on any atom is -0.493 e. The summed E-state index contributed by atoms with van der Waals surface area (Å²) in [6, 6.07) is 15.1. The largest absolute Gasteiger partial charge is 0.493 e. The molecule has 1 unspecified atom stereocenters. The minimum absolute atomic E-state index is 0.0772. The Labute approximate surface area is 151 Å². The predicted octanol–water partition coefficient (Wildman–Crippen LogP) is 3.04. The first-order valence-corrected chi connectivity index (χ1v) is 8.46. The van der Waals surface area contributed by atoms with E-state index in [1.54, 1.807) is 12.1 Å². The van der Waals surface area contributed by atoms with Crippen LogP contribution in [0.15, 0.2) is 54.6 Å². The summed E-state index contributed by atoms with van der Waals surface area (Å²) in [5.41, 5.74) is 0.914. The smallest absolute Gasteiger partial charge is 0.308 e. The number of carbonyl (C=O) groups excluding carboxylic acids is 1. The Bertz CT molecular complexity index is 721. The molecule has 5 nitrogen and oxygen atoms in total. The number of amides is 1. The molecule has 0 aliphatic heterocycles. The second-order valence-electron chi connectivity index (χ2n) is 5.94. The molecule has 138 valence electrons. The van der Waals surface area contributed by atoms with Gasteiger partial charge in [0, 0.05) is 19.0 Å². The molecule has 0 fully saturated rings. The number of carboxylic acids is 1. The zero-order chi connectivity index (χ0) is 18.8. The van der Waals surface area contributed by atoms with Crippen molar-refractivity contribution in [1.82, 2.24) is 5.32 Å². The number of ether oxygens (including phenoxy) is 1. The third-order valence-corrected chi connectivity index (χ3v) is 3.83. The molecular weight excluding hydrogens is 337 g/mol. The molecule has 0 heterocycles. The van der Waals surface area contributed by atoms with Gasteiger partial charge in [0.15, 0.2) is 0 Å². The fraction of sp³-hybridized carbons (Fsp3) is 0.300. The van der Waals surface area contributed by atoms with Gasteiger partial charge < -0.3 is 15.2 Å². The molecule has 2 rings (SSSR count). The monoisotopic (exact) mass is 359 g/mol. The van der Waals surface area contributed by atoms with Gasteiger partial charge in [-0.25, -0.2) is 4.39 Å². The highest BCUT2D eigenvalue weighted by atomic mass is 19.1. The Morgan fingerprint density at radius 2 is 1.88 bits per heavy atom. The van der Waals surface area contributed by atoms with Gasteiger partial charge in [-0.15, -0.1) is 0 Å². The van der Waals surface area contributed by atoms with Crippen LogP contribution in [0.5, 0.6) is 5.75 Å². The van der Waals surface area contributed by atoms with Crippen LogP contribution >= 0.6 is 0 Å². The number of benzene rings is 2. The highest BCUT2D eigenvalue weighted by Crippen LogP contribution is 2.12. The van der Waals surface area contributed by atoms with E-state index in [1.807, 2.05) is 30.3 Å². The summed E-state index contributed by atoms with van der Waals surface area (Å²) in [5.74, 6) is -1.81. The van der Waals surface area contributed by atoms with Gasteiger partial charge in [0.2, 0.25) is 5.91 Å². The Morgan fingerprint density at radius 3 is 2.58 bits per heavy atom. The molecule has 0 aliphatic carbocycles. The van der Waals surface area contributed by atoms with Gasteiger partial charge in [-0.05, 0) is 30.5 Å². The number of halogens is 1. The van der Waals surface area contributed by atoms with Crippen molar-refractivity contribution in [3.63, 3.8) is 0 Å². The van der Waals surface area contributed by atoms with Crippen LogP contribution in [0.1, 0.15) is 18.4 Å². The third kappa shape index (κ3) is 6.93. The molecule has 0 spiro atoms. The van der Waals surface area contributed by atoms with Crippen molar-refractivity contribution < 1.29 is 23.8 Å². The average molecular weight is 359 g/mol. The van der Waals surface area contributed by atoms with Crippen molar-refractivity contribution in [3.8, 4) is 5.75 Å². The Kier molecular flexibility index (Phi) is 7.61. The van der Waals surface area contributed by atoms with Gasteiger partial charge in [-0.2, -0.15) is 0 Å². The second-order valence-corrected chi connectivity index (χ2v) is 5.94. The standard InChI is InChI=1S/C20H22FNO4/c21-17-8-4-9-18(13-17)26-11-5-10-19(23)22-14-16(20(24)25)12-15-6-2-1-3-7-15/h1-4,6-9,13,16H,5,10-12,14H2,(H,22,23)(H,24,25). The maximum atomic E-state index is 13.0. The summed E-state index contributed by atoms with van der Waals surface area (Å²) in [6.45, 7) is 0.358. The highest BCUT2D eigenvalue weighted by molar-refractivity contribution is 5.77. The van der Waals surface area contributed by atoms with Crippen LogP contribution in [-0.4, -0.2) is 30.1 Å². The van der Waals surface area contributed by atoms with Crippen molar-refractivity contribution in [2.45, 2.75) is 19.3 Å². The normalized spacial score (nSPS) is 11.6. The van der Waals surface area contributed by atoms with Crippen LogP contribution in [0.3, 0.4) is 0 Å². The molecule has 1 atom stereocenters. The zero-order valence-corrected chi connectivity index (χ0v) is 14.4. The molecule has 0 saturated carbocycles. The summed E-state index contributed by atoms with van der Waals surface area (Å²) in [7, 11) is 0. The molecule has 6 heteroatoms. The zero-order valence-electron chi connectivity index (χ0n) is 14.4. The van der Waals surface area contributed by atoms with Crippen molar-refractivity contribution in [3.05, 3.63) is 66.0 Å². The minimum atomic E-state index is -0.941. The van der Waals surface area contributed by atoms with Crippen molar-refractivity contribution in [2.75, 3.05) is 13.2 Å². The lowest BCUT2D eigenvalue weighted by Crippen LogP contribution is -2.34. The van der Waals surface area contributed by atoms with E-state index in [1.165, 1.54) is 12.1 Å². The van der Waals surface area contributed by atoms with Crippen LogP contribution in [0, 0.1) is 11.7 Å². The SMILES string of the molecule is O=C(CCCOc1cccc(F)c1)NCC(Cc1ccccc1)C(=O)O. The van der Waals surface area contributed by atoms with Gasteiger partial charge in [0.25, 0.3) is 0 Å². The van der Waals surface area contributed by atoms with E-state index in [0.717, 1.165) is 5.56 Å². The van der Waals surface area contributed by atoms with E-state index in [9.17, 15) is 19.1 Å². The van der Waals surface area contributed by atoms with Crippen LogP contribution in [0.2, 0.25) is 0 Å². The maximum Gasteiger partial charge on any atom is 0.308 e. The first-order valence-electron chi connectivity index (χ1n) is 8.46. The van der Waals surface area contributed by atoms with Crippen molar-refractivity contribution >= 4 is 11.9 Å². The molecule has 2 N–H and O–H groups in total. The van der Waals surface area contributed by atoms with E-state index >= 15 is 0 Å². The van der Waals surface area contributed by atoms with E-state index in [-0.39, 0.29) is 31.3 Å². The molecule has 2 aromatic carbocycles. The van der Waals surface area contributed by atoms with Gasteiger partial charge in [0.05, 0.1) is 12.5 Å². The number of aliphatic carboxylic acids is 1. The lowest BCUT2D eigenvalue weighted by atomic mass is 9.99. The lowest BCUT2D eigenvalue weighted by molar-refractivity contribution is -0.141. The third-order valence-electron chi connectivity index (χ3n) is 3.83. The first-order chi connectivity index (χ1) is 12.5. The highest BCUT2D eigenvalue weighted by Gasteiger charge is 2.18. The summed E-state index contributed by atoms with van der Waals surface area (Å²) in [6.07, 6.45) is 1.03. The molecule has 0 aromatic heterocycles. The van der Waals surface area contributed by atoms with Crippen molar-refractivity contribution in [1.29, 1.82) is 0 Å². The summed E-state index contributed by atoms with van der Waals surface area (Å²) >= 11 is 0. The molecule has 2 aromatic rings. The summed E-state index contributed by atoms with van der Waals surface area (Å²) < 4.78 is 18.4. The maximum absolute atomic E-state index is 13.0. The predicted molar refractivity (Wildman–Crippen MR) is 95.4 cm³/mol. The molecule has 0 bridgehead atoms. The second kappa shape index (κ2) is 10.2. The Morgan fingerprint density at radius 1 is 1.12 bits per heavy atom. The van der Waals surface area contributed by atoms with Crippen molar-refractivity contribution in [2.24, 2.45) is 5.92 Å². The van der Waals surface area contributed by atoms with Crippen LogP contribution in [-0.2, 0) is 16.0 Å². The van der Waals surface area contributed by atoms with Gasteiger partial charge >= 0.3 is 5.97 Å². The number of carbonyl (C=O) groups is 2. The molecule has 1 amide bonds. The van der Waals surface area contributed by atoms with E-state index in [2.05, 4.69) is 5.32 Å². The molecule has 0 radical (unpaired) electrons. The fourth-order valence-electron chi connectivity index (χ4n) is 2.45.